The molecule has 1 rings (SSSR count). The predicted molar refractivity (Wildman–Crippen MR) is 83.2 cm³/mol. The van der Waals surface area contributed by atoms with Crippen LogP contribution in [0.5, 0.6) is 0 Å². The fraction of sp³-hybridized carbons (Fsp3) is 1.00. The highest BCUT2D eigenvalue weighted by molar-refractivity contribution is 6.54. The van der Waals surface area contributed by atoms with Gasteiger partial charge in [0.1, 0.15) is 10.5 Å². The third-order valence-electron chi connectivity index (χ3n) is 4.85. The lowest BCUT2D eigenvalue weighted by Crippen LogP contribution is -2.57. The molecule has 0 aromatic rings. The normalized spacial score (nSPS) is 25.2. The summed E-state index contributed by atoms with van der Waals surface area (Å²) in [5.74, 6) is 0. The van der Waals surface area contributed by atoms with Gasteiger partial charge in [0, 0.05) is 12.1 Å². The van der Waals surface area contributed by atoms with Gasteiger partial charge in [-0.15, -0.1) is 0 Å². The average molecular weight is 290 g/mol. The quantitative estimate of drug-likeness (QED) is 0.550. The summed E-state index contributed by atoms with van der Waals surface area (Å²) in [6.07, 6.45) is 3.67. The summed E-state index contributed by atoms with van der Waals surface area (Å²) in [6.45, 7) is 13.5. The Morgan fingerprint density at radius 3 is 2.56 bits per heavy atom. The van der Waals surface area contributed by atoms with Gasteiger partial charge in [-0.05, 0) is 51.1 Å². The van der Waals surface area contributed by atoms with E-state index < -0.39 is 9.04 Å². The van der Waals surface area contributed by atoms with E-state index in [1.807, 2.05) is 0 Å². The lowest BCUT2D eigenvalue weighted by molar-refractivity contribution is -0.257. The minimum Gasteiger partial charge on any atom is -0.466 e. The van der Waals surface area contributed by atoms with Crippen molar-refractivity contribution in [2.24, 2.45) is 5.41 Å². The van der Waals surface area contributed by atoms with Crippen LogP contribution in [0.2, 0.25) is 12.6 Å². The van der Waals surface area contributed by atoms with Crippen LogP contribution in [-0.2, 0) is 8.95 Å². The molecule has 0 aliphatic carbocycles. The SMILES string of the molecule is C[SiH](CCCON1CCCC(C)(C)C1(C)C)O[SiH3]. The standard InChI is InChI=1S/C13H31NO2Si2/c1-12(2)8-6-9-14(13(12,3)4)15-10-7-11-18(5)16-17/h18H,6-11H2,1-5,17H3. The van der Waals surface area contributed by atoms with Gasteiger partial charge in [0.05, 0.1) is 6.61 Å². The zero-order valence-electron chi connectivity index (χ0n) is 13.1. The van der Waals surface area contributed by atoms with Crippen molar-refractivity contribution in [3.05, 3.63) is 0 Å². The first-order valence-corrected chi connectivity index (χ1v) is 10.5. The fourth-order valence-electron chi connectivity index (χ4n) is 2.48. The largest absolute Gasteiger partial charge is 0.466 e. The zero-order valence-corrected chi connectivity index (χ0v) is 16.2. The van der Waals surface area contributed by atoms with E-state index in [2.05, 4.69) is 39.3 Å². The van der Waals surface area contributed by atoms with Crippen LogP contribution in [-0.4, -0.2) is 43.3 Å². The highest BCUT2D eigenvalue weighted by Gasteiger charge is 2.45. The smallest absolute Gasteiger partial charge is 0.159 e. The summed E-state index contributed by atoms with van der Waals surface area (Å²) >= 11 is 0. The minimum atomic E-state index is -0.852. The molecule has 5 heteroatoms. The third kappa shape index (κ3) is 3.90. The van der Waals surface area contributed by atoms with Crippen LogP contribution in [0.15, 0.2) is 0 Å². The van der Waals surface area contributed by atoms with E-state index in [4.69, 9.17) is 8.95 Å². The summed E-state index contributed by atoms with van der Waals surface area (Å²) < 4.78 is 5.52. The van der Waals surface area contributed by atoms with Crippen LogP contribution < -0.4 is 0 Å². The van der Waals surface area contributed by atoms with Crippen LogP contribution in [0.3, 0.4) is 0 Å². The number of rotatable bonds is 6. The topological polar surface area (TPSA) is 21.7 Å². The first-order valence-electron chi connectivity index (χ1n) is 7.24. The van der Waals surface area contributed by atoms with Gasteiger partial charge in [0.15, 0.2) is 9.04 Å². The molecule has 0 spiro atoms. The van der Waals surface area contributed by atoms with E-state index in [0.29, 0.717) is 5.41 Å². The van der Waals surface area contributed by atoms with E-state index in [-0.39, 0.29) is 5.54 Å². The Bertz CT molecular complexity index is 259. The molecule has 18 heavy (non-hydrogen) atoms. The second-order valence-corrected chi connectivity index (χ2v) is 10.8. The van der Waals surface area contributed by atoms with E-state index in [0.717, 1.165) is 30.1 Å². The summed E-state index contributed by atoms with van der Waals surface area (Å²) in [6, 6.07) is 1.24. The molecule has 1 unspecified atom stereocenters. The molecular formula is C13H31NO2Si2. The molecule has 3 nitrogen and oxygen atoms in total. The van der Waals surface area contributed by atoms with Crippen molar-refractivity contribution in [1.29, 1.82) is 0 Å². The molecule has 1 aliphatic rings. The van der Waals surface area contributed by atoms with Gasteiger partial charge < -0.3 is 4.12 Å². The van der Waals surface area contributed by atoms with Gasteiger partial charge >= 0.3 is 0 Å². The van der Waals surface area contributed by atoms with Crippen molar-refractivity contribution in [1.82, 2.24) is 5.06 Å². The lowest BCUT2D eigenvalue weighted by Gasteiger charge is -2.52. The maximum atomic E-state index is 6.04. The number of hydrogen-bond acceptors (Lipinski definition) is 3. The first-order chi connectivity index (χ1) is 8.31. The Balaban J connectivity index is 2.37. The van der Waals surface area contributed by atoms with Crippen LogP contribution in [0.4, 0.5) is 0 Å². The number of piperidine rings is 1. The van der Waals surface area contributed by atoms with Crippen molar-refractivity contribution >= 4 is 19.5 Å². The van der Waals surface area contributed by atoms with Gasteiger partial charge in [-0.2, -0.15) is 5.06 Å². The molecular weight excluding hydrogens is 258 g/mol. The molecule has 0 saturated carbocycles. The summed E-state index contributed by atoms with van der Waals surface area (Å²) in [7, 11) is 0.0429. The maximum absolute atomic E-state index is 6.04. The fourth-order valence-corrected chi connectivity index (χ4v) is 4.16. The molecule has 108 valence electrons. The molecule has 0 radical (unpaired) electrons. The molecule has 0 amide bonds. The monoisotopic (exact) mass is 289 g/mol. The van der Waals surface area contributed by atoms with Crippen LogP contribution in [0.1, 0.15) is 47.0 Å². The van der Waals surface area contributed by atoms with Gasteiger partial charge in [0.25, 0.3) is 0 Å². The predicted octanol–water partition coefficient (Wildman–Crippen LogP) is 1.86. The van der Waals surface area contributed by atoms with E-state index in [1.54, 1.807) is 0 Å². The number of hydroxylamine groups is 2. The molecule has 0 N–H and O–H groups in total. The van der Waals surface area contributed by atoms with Crippen molar-refractivity contribution in [2.75, 3.05) is 13.2 Å². The van der Waals surface area contributed by atoms with Gasteiger partial charge in [-0.1, -0.05) is 13.8 Å². The maximum Gasteiger partial charge on any atom is 0.159 e. The highest BCUT2D eigenvalue weighted by Crippen LogP contribution is 2.43. The number of nitrogens with zero attached hydrogens (tertiary/aromatic N) is 1. The zero-order chi connectivity index (χ0) is 13.8. The van der Waals surface area contributed by atoms with Gasteiger partial charge in [-0.3, -0.25) is 4.84 Å². The van der Waals surface area contributed by atoms with Crippen LogP contribution in [0, 0.1) is 5.41 Å². The van der Waals surface area contributed by atoms with E-state index >= 15 is 0 Å². The van der Waals surface area contributed by atoms with Gasteiger partial charge in [-0.25, -0.2) is 0 Å². The first kappa shape index (κ1) is 16.4. The van der Waals surface area contributed by atoms with Gasteiger partial charge in [0.2, 0.25) is 0 Å². The lowest BCUT2D eigenvalue weighted by atomic mass is 9.69. The molecule has 1 heterocycles. The van der Waals surface area contributed by atoms with Crippen molar-refractivity contribution in [3.8, 4) is 0 Å². The van der Waals surface area contributed by atoms with E-state index in [1.165, 1.54) is 18.9 Å². The highest BCUT2D eigenvalue weighted by atomic mass is 28.3. The summed E-state index contributed by atoms with van der Waals surface area (Å²) in [4.78, 5) is 6.04. The Morgan fingerprint density at radius 1 is 1.28 bits per heavy atom. The molecule has 1 atom stereocenters. The Kier molecular flexibility index (Phi) is 6.05. The van der Waals surface area contributed by atoms with Crippen molar-refractivity contribution < 1.29 is 8.95 Å². The Hall–Kier alpha value is 0.314. The average Bonchev–Trinajstić information content (AvgIpc) is 2.29. The molecule has 0 aromatic heterocycles. The Labute approximate surface area is 117 Å². The molecule has 1 saturated heterocycles. The molecule has 1 aliphatic heterocycles. The third-order valence-corrected chi connectivity index (χ3v) is 9.29. The number of hydrogen-bond donors (Lipinski definition) is 0. The van der Waals surface area contributed by atoms with Crippen molar-refractivity contribution in [3.63, 3.8) is 0 Å². The van der Waals surface area contributed by atoms with E-state index in [9.17, 15) is 0 Å². The summed E-state index contributed by atoms with van der Waals surface area (Å²) in [5, 5.41) is 2.23. The van der Waals surface area contributed by atoms with Crippen LogP contribution in [0.25, 0.3) is 0 Å². The summed E-state index contributed by atoms with van der Waals surface area (Å²) in [5.41, 5.74) is 0.452. The molecule has 0 bridgehead atoms. The van der Waals surface area contributed by atoms with Crippen LogP contribution >= 0.6 is 0 Å². The molecule has 0 aromatic carbocycles. The second kappa shape index (κ2) is 6.65. The molecule has 1 fully saturated rings. The minimum absolute atomic E-state index is 0.127. The van der Waals surface area contributed by atoms with Crippen molar-refractivity contribution in [2.45, 2.75) is 65.1 Å². The second-order valence-electron chi connectivity index (χ2n) is 6.67. The Morgan fingerprint density at radius 2 is 1.94 bits per heavy atom.